The predicted molar refractivity (Wildman–Crippen MR) is 81.7 cm³/mol. The van der Waals surface area contributed by atoms with Crippen molar-refractivity contribution in [2.75, 3.05) is 20.1 Å². The van der Waals surface area contributed by atoms with E-state index in [1.807, 2.05) is 18.5 Å². The van der Waals surface area contributed by atoms with Crippen LogP contribution >= 0.6 is 0 Å². The summed E-state index contributed by atoms with van der Waals surface area (Å²) in [6.07, 6.45) is 6.36. The summed E-state index contributed by atoms with van der Waals surface area (Å²) in [4.78, 5) is 11.7. The van der Waals surface area contributed by atoms with Crippen LogP contribution in [0, 0.1) is 6.92 Å². The first-order valence-corrected chi connectivity index (χ1v) is 7.30. The quantitative estimate of drug-likeness (QED) is 0.836. The first-order valence-electron chi connectivity index (χ1n) is 7.30. The minimum absolute atomic E-state index is 0.534. The van der Waals surface area contributed by atoms with Crippen molar-refractivity contribution in [3.05, 3.63) is 47.9 Å². The summed E-state index contributed by atoms with van der Waals surface area (Å²) in [5.41, 5.74) is 4.52. The van der Waals surface area contributed by atoms with E-state index < -0.39 is 0 Å². The van der Waals surface area contributed by atoms with Crippen LogP contribution in [0.25, 0.3) is 11.3 Å². The third-order valence-corrected chi connectivity index (χ3v) is 4.14. The van der Waals surface area contributed by atoms with E-state index >= 15 is 0 Å². The van der Waals surface area contributed by atoms with Crippen molar-refractivity contribution >= 4 is 0 Å². The monoisotopic (exact) mass is 267 g/mol. The zero-order valence-corrected chi connectivity index (χ0v) is 12.2. The van der Waals surface area contributed by atoms with Gasteiger partial charge in [0, 0.05) is 24.2 Å². The minimum Gasteiger partial charge on any atom is -0.306 e. The van der Waals surface area contributed by atoms with Gasteiger partial charge < -0.3 is 4.90 Å². The van der Waals surface area contributed by atoms with Crippen molar-refractivity contribution in [3.8, 4) is 11.3 Å². The average molecular weight is 267 g/mol. The fraction of sp³-hybridized carbons (Fsp3) is 0.412. The minimum atomic E-state index is 0.534. The predicted octanol–water partition coefficient (Wildman–Crippen LogP) is 3.26. The number of likely N-dealkylation sites (N-methyl/N-ethyl adjacent to an activating group) is 1. The number of aryl methyl sites for hydroxylation is 1. The molecule has 0 unspecified atom stereocenters. The highest BCUT2D eigenvalue weighted by Gasteiger charge is 2.20. The highest BCUT2D eigenvalue weighted by atomic mass is 15.1. The summed E-state index contributed by atoms with van der Waals surface area (Å²) < 4.78 is 0. The topological polar surface area (TPSA) is 29.0 Å². The van der Waals surface area contributed by atoms with Crippen LogP contribution in [0.1, 0.15) is 30.0 Å². The van der Waals surface area contributed by atoms with E-state index in [0.29, 0.717) is 5.92 Å². The zero-order chi connectivity index (χ0) is 13.9. The van der Waals surface area contributed by atoms with Gasteiger partial charge in [-0.2, -0.15) is 0 Å². The van der Waals surface area contributed by atoms with Crippen LogP contribution in [0.3, 0.4) is 0 Å². The van der Waals surface area contributed by atoms with Crippen LogP contribution in [0.15, 0.2) is 36.7 Å². The van der Waals surface area contributed by atoms with Gasteiger partial charge in [0.2, 0.25) is 0 Å². The Bertz CT molecular complexity index is 577. The molecule has 104 valence electrons. The third-order valence-electron chi connectivity index (χ3n) is 4.14. The Hall–Kier alpha value is -1.74. The molecule has 3 nitrogen and oxygen atoms in total. The number of aromatic nitrogens is 2. The van der Waals surface area contributed by atoms with Gasteiger partial charge >= 0.3 is 0 Å². The second-order valence-corrected chi connectivity index (χ2v) is 5.74. The normalized spacial score (nSPS) is 20.0. The fourth-order valence-electron chi connectivity index (χ4n) is 2.96. The summed E-state index contributed by atoms with van der Waals surface area (Å²) in [6, 6.07) is 8.32. The average Bonchev–Trinajstić information content (AvgIpc) is 2.48. The molecule has 0 radical (unpaired) electrons. The summed E-state index contributed by atoms with van der Waals surface area (Å²) in [5, 5.41) is 0. The molecule has 0 saturated carbocycles. The molecule has 0 aliphatic carbocycles. The molecule has 1 atom stereocenters. The van der Waals surface area contributed by atoms with Crippen molar-refractivity contribution in [1.29, 1.82) is 0 Å². The van der Waals surface area contributed by atoms with Crippen molar-refractivity contribution in [3.63, 3.8) is 0 Å². The maximum atomic E-state index is 4.67. The van der Waals surface area contributed by atoms with Crippen molar-refractivity contribution in [2.24, 2.45) is 0 Å². The van der Waals surface area contributed by atoms with Gasteiger partial charge in [-0.25, -0.2) is 0 Å². The Kier molecular flexibility index (Phi) is 3.79. The number of rotatable bonds is 2. The standard InChI is InChI=1S/C17H21N3/c1-13-6-3-4-8-15(13)17-11-18-16(10-19-17)14-7-5-9-20(2)12-14/h3-4,6,8,10-11,14H,5,7,9,12H2,1-2H3/t14-/m1/s1. The van der Waals surface area contributed by atoms with Crippen molar-refractivity contribution in [1.82, 2.24) is 14.9 Å². The lowest BCUT2D eigenvalue weighted by Crippen LogP contribution is -2.31. The molecule has 1 aliphatic heterocycles. The Morgan fingerprint density at radius 3 is 2.70 bits per heavy atom. The molecule has 1 fully saturated rings. The number of hydrogen-bond donors (Lipinski definition) is 0. The lowest BCUT2D eigenvalue weighted by molar-refractivity contribution is 0.248. The number of benzene rings is 1. The van der Waals surface area contributed by atoms with E-state index in [1.165, 1.54) is 30.5 Å². The highest BCUT2D eigenvalue weighted by molar-refractivity contribution is 5.62. The Balaban J connectivity index is 1.83. The number of nitrogens with zero attached hydrogens (tertiary/aromatic N) is 3. The molecule has 0 spiro atoms. The molecular formula is C17H21N3. The number of hydrogen-bond acceptors (Lipinski definition) is 3. The fourth-order valence-corrected chi connectivity index (χ4v) is 2.96. The second-order valence-electron chi connectivity index (χ2n) is 5.74. The van der Waals surface area contributed by atoms with Gasteiger partial charge in [-0.3, -0.25) is 9.97 Å². The van der Waals surface area contributed by atoms with E-state index in [2.05, 4.69) is 47.0 Å². The number of likely N-dealkylation sites (tertiary alicyclic amines) is 1. The first-order chi connectivity index (χ1) is 9.74. The SMILES string of the molecule is Cc1ccccc1-c1cnc([C@@H]2CCCN(C)C2)cn1. The molecular weight excluding hydrogens is 246 g/mol. The van der Waals surface area contributed by atoms with E-state index in [9.17, 15) is 0 Å². The van der Waals surface area contributed by atoms with Crippen LogP contribution in [0.2, 0.25) is 0 Å². The van der Waals surface area contributed by atoms with Crippen molar-refractivity contribution in [2.45, 2.75) is 25.7 Å². The van der Waals surface area contributed by atoms with E-state index in [-0.39, 0.29) is 0 Å². The lowest BCUT2D eigenvalue weighted by Gasteiger charge is -2.29. The van der Waals surface area contributed by atoms with E-state index in [0.717, 1.165) is 17.9 Å². The molecule has 1 saturated heterocycles. The second kappa shape index (κ2) is 5.71. The van der Waals surface area contributed by atoms with Gasteiger partial charge in [0.15, 0.2) is 0 Å². The molecule has 2 heterocycles. The first kappa shape index (κ1) is 13.3. The van der Waals surface area contributed by atoms with Gasteiger partial charge in [-0.1, -0.05) is 24.3 Å². The Morgan fingerprint density at radius 2 is 2.00 bits per heavy atom. The summed E-state index contributed by atoms with van der Waals surface area (Å²) >= 11 is 0. The summed E-state index contributed by atoms with van der Waals surface area (Å²) in [7, 11) is 2.18. The summed E-state index contributed by atoms with van der Waals surface area (Å²) in [6.45, 7) is 4.41. The van der Waals surface area contributed by atoms with Gasteiger partial charge in [0.25, 0.3) is 0 Å². The van der Waals surface area contributed by atoms with E-state index in [1.54, 1.807) is 0 Å². The van der Waals surface area contributed by atoms with Gasteiger partial charge in [-0.15, -0.1) is 0 Å². The Labute approximate surface area is 120 Å². The summed E-state index contributed by atoms with van der Waals surface area (Å²) in [5.74, 6) is 0.534. The molecule has 3 heteroatoms. The van der Waals surface area contributed by atoms with Crippen LogP contribution in [0.5, 0.6) is 0 Å². The Morgan fingerprint density at radius 1 is 1.15 bits per heavy atom. The van der Waals surface area contributed by atoms with Crippen LogP contribution in [0.4, 0.5) is 0 Å². The van der Waals surface area contributed by atoms with Gasteiger partial charge in [-0.05, 0) is 38.9 Å². The molecule has 20 heavy (non-hydrogen) atoms. The largest absolute Gasteiger partial charge is 0.306 e. The molecule has 1 aliphatic rings. The maximum absolute atomic E-state index is 4.67. The van der Waals surface area contributed by atoms with Gasteiger partial charge in [0.1, 0.15) is 0 Å². The van der Waals surface area contributed by atoms with Crippen LogP contribution < -0.4 is 0 Å². The highest BCUT2D eigenvalue weighted by Crippen LogP contribution is 2.26. The van der Waals surface area contributed by atoms with Crippen molar-refractivity contribution < 1.29 is 0 Å². The maximum Gasteiger partial charge on any atom is 0.0888 e. The smallest absolute Gasteiger partial charge is 0.0888 e. The molecule has 0 bridgehead atoms. The zero-order valence-electron chi connectivity index (χ0n) is 12.2. The molecule has 0 amide bonds. The molecule has 1 aromatic heterocycles. The number of piperidine rings is 1. The molecule has 0 N–H and O–H groups in total. The lowest BCUT2D eigenvalue weighted by atomic mass is 9.95. The molecule has 1 aromatic carbocycles. The van der Waals surface area contributed by atoms with E-state index in [4.69, 9.17) is 0 Å². The molecule has 2 aromatic rings. The molecule has 3 rings (SSSR count). The van der Waals surface area contributed by atoms with Gasteiger partial charge in [0.05, 0.1) is 17.6 Å². The van der Waals surface area contributed by atoms with Crippen LogP contribution in [-0.2, 0) is 0 Å². The van der Waals surface area contributed by atoms with Crippen LogP contribution in [-0.4, -0.2) is 35.0 Å². The third kappa shape index (κ3) is 2.73.